The van der Waals surface area contributed by atoms with E-state index in [1.165, 1.54) is 12.3 Å². The van der Waals surface area contributed by atoms with E-state index in [-0.39, 0.29) is 5.82 Å². The fourth-order valence-electron chi connectivity index (χ4n) is 0.765. The molecular formula is C10H11BrFNSi. The van der Waals surface area contributed by atoms with E-state index < -0.39 is 8.07 Å². The van der Waals surface area contributed by atoms with Gasteiger partial charge in [0.1, 0.15) is 18.5 Å². The molecule has 0 saturated heterocycles. The zero-order valence-corrected chi connectivity index (χ0v) is 10.9. The third-order valence-corrected chi connectivity index (χ3v) is 2.88. The fourth-order valence-corrected chi connectivity index (χ4v) is 1.59. The zero-order chi connectivity index (χ0) is 10.8. The summed E-state index contributed by atoms with van der Waals surface area (Å²) in [6.45, 7) is 6.42. The normalized spacial score (nSPS) is 10.6. The van der Waals surface area contributed by atoms with Crippen LogP contribution in [0.3, 0.4) is 0 Å². The van der Waals surface area contributed by atoms with Gasteiger partial charge in [-0.25, -0.2) is 9.37 Å². The second kappa shape index (κ2) is 4.24. The van der Waals surface area contributed by atoms with Gasteiger partial charge in [-0.15, -0.1) is 5.54 Å². The predicted molar refractivity (Wildman–Crippen MR) is 62.1 cm³/mol. The summed E-state index contributed by atoms with van der Waals surface area (Å²) < 4.78 is 13.4. The standard InChI is InChI=1S/C10H11BrFNSi/c1-14(2,3)5-4-8-6-9(12)7-13-10(8)11/h6-7H,1-3H3. The van der Waals surface area contributed by atoms with Crippen molar-refractivity contribution in [3.05, 3.63) is 28.2 Å². The average molecular weight is 272 g/mol. The van der Waals surface area contributed by atoms with Crippen LogP contribution in [0.15, 0.2) is 16.9 Å². The van der Waals surface area contributed by atoms with Gasteiger partial charge in [-0.3, -0.25) is 0 Å². The van der Waals surface area contributed by atoms with Crippen LogP contribution in [0.25, 0.3) is 0 Å². The van der Waals surface area contributed by atoms with Crippen molar-refractivity contribution < 1.29 is 4.39 Å². The zero-order valence-electron chi connectivity index (χ0n) is 8.36. The van der Waals surface area contributed by atoms with Gasteiger partial charge < -0.3 is 0 Å². The maximum atomic E-state index is 12.8. The van der Waals surface area contributed by atoms with Gasteiger partial charge in [0.15, 0.2) is 0 Å². The first-order valence-electron chi connectivity index (χ1n) is 4.23. The molecule has 1 aromatic heterocycles. The summed E-state index contributed by atoms with van der Waals surface area (Å²) >= 11 is 3.23. The number of nitrogens with zero attached hydrogens (tertiary/aromatic N) is 1. The summed E-state index contributed by atoms with van der Waals surface area (Å²) in [5.74, 6) is 2.60. The van der Waals surface area contributed by atoms with Gasteiger partial charge in [0.2, 0.25) is 0 Å². The van der Waals surface area contributed by atoms with E-state index in [0.29, 0.717) is 10.2 Å². The fraction of sp³-hybridized carbons (Fsp3) is 0.300. The highest BCUT2D eigenvalue weighted by Crippen LogP contribution is 2.13. The number of halogens is 2. The number of aromatic nitrogens is 1. The van der Waals surface area contributed by atoms with Crippen LogP contribution in [0.1, 0.15) is 5.56 Å². The smallest absolute Gasteiger partial charge is 0.142 e. The largest absolute Gasteiger partial charge is 0.245 e. The highest BCUT2D eigenvalue weighted by Gasteiger charge is 2.08. The lowest BCUT2D eigenvalue weighted by Gasteiger charge is -2.03. The molecule has 0 saturated carbocycles. The quantitative estimate of drug-likeness (QED) is 0.401. The van der Waals surface area contributed by atoms with Gasteiger partial charge in [0, 0.05) is 0 Å². The Hall–Kier alpha value is -0.663. The van der Waals surface area contributed by atoms with E-state index in [1.54, 1.807) is 0 Å². The Balaban J connectivity index is 3.06. The van der Waals surface area contributed by atoms with Crippen molar-refractivity contribution in [3.8, 4) is 11.5 Å². The molecule has 0 aliphatic rings. The van der Waals surface area contributed by atoms with Crippen LogP contribution in [-0.4, -0.2) is 13.1 Å². The lowest BCUT2D eigenvalue weighted by molar-refractivity contribution is 0.620. The molecule has 1 heterocycles. The van der Waals surface area contributed by atoms with Crippen molar-refractivity contribution in [2.75, 3.05) is 0 Å². The molecule has 1 nitrogen and oxygen atoms in total. The molecule has 0 unspecified atom stereocenters. The lowest BCUT2D eigenvalue weighted by atomic mass is 10.3. The maximum Gasteiger partial charge on any atom is 0.142 e. The van der Waals surface area contributed by atoms with Crippen LogP contribution in [0.5, 0.6) is 0 Å². The van der Waals surface area contributed by atoms with E-state index in [4.69, 9.17) is 0 Å². The summed E-state index contributed by atoms with van der Waals surface area (Å²) in [4.78, 5) is 3.83. The van der Waals surface area contributed by atoms with E-state index in [1.807, 2.05) is 0 Å². The van der Waals surface area contributed by atoms with Crippen molar-refractivity contribution in [3.63, 3.8) is 0 Å². The molecule has 0 N–H and O–H groups in total. The summed E-state index contributed by atoms with van der Waals surface area (Å²) in [5, 5.41) is 0. The third-order valence-electron chi connectivity index (χ3n) is 1.38. The molecule has 0 fully saturated rings. The molecule has 0 atom stereocenters. The number of hydrogen-bond donors (Lipinski definition) is 0. The topological polar surface area (TPSA) is 12.9 Å². The predicted octanol–water partition coefficient (Wildman–Crippen LogP) is 3.21. The minimum absolute atomic E-state index is 0.354. The van der Waals surface area contributed by atoms with Crippen LogP contribution in [0.4, 0.5) is 4.39 Å². The maximum absolute atomic E-state index is 12.8. The molecule has 4 heteroatoms. The lowest BCUT2D eigenvalue weighted by Crippen LogP contribution is -2.16. The summed E-state index contributed by atoms with van der Waals surface area (Å²) in [5.41, 5.74) is 3.78. The third kappa shape index (κ3) is 3.60. The molecule has 14 heavy (non-hydrogen) atoms. The first-order valence-corrected chi connectivity index (χ1v) is 8.52. The Morgan fingerprint density at radius 1 is 1.43 bits per heavy atom. The van der Waals surface area contributed by atoms with Crippen LogP contribution >= 0.6 is 15.9 Å². The minimum atomic E-state index is -1.41. The molecule has 0 amide bonds. The van der Waals surface area contributed by atoms with Crippen LogP contribution in [0, 0.1) is 17.3 Å². The molecule has 74 valence electrons. The van der Waals surface area contributed by atoms with Crippen molar-refractivity contribution in [1.82, 2.24) is 4.98 Å². The monoisotopic (exact) mass is 271 g/mol. The van der Waals surface area contributed by atoms with Crippen LogP contribution < -0.4 is 0 Å². The second-order valence-corrected chi connectivity index (χ2v) is 9.49. The molecule has 1 aromatic rings. The first-order chi connectivity index (χ1) is 6.38. The molecule has 0 aliphatic heterocycles. The van der Waals surface area contributed by atoms with Gasteiger partial charge in [-0.1, -0.05) is 25.6 Å². The molecule has 1 rings (SSSR count). The highest BCUT2D eigenvalue weighted by atomic mass is 79.9. The molecule has 0 aromatic carbocycles. The average Bonchev–Trinajstić information content (AvgIpc) is 2.05. The van der Waals surface area contributed by atoms with Crippen molar-refractivity contribution >= 4 is 24.0 Å². The summed E-state index contributed by atoms with van der Waals surface area (Å²) in [6, 6.07) is 1.39. The van der Waals surface area contributed by atoms with Gasteiger partial charge in [0.05, 0.1) is 11.8 Å². The molecular weight excluding hydrogens is 261 g/mol. The van der Waals surface area contributed by atoms with Gasteiger partial charge in [-0.2, -0.15) is 0 Å². The summed E-state index contributed by atoms with van der Waals surface area (Å²) in [7, 11) is -1.41. The number of hydrogen-bond acceptors (Lipinski definition) is 1. The SMILES string of the molecule is C[Si](C)(C)C#Cc1cc(F)cnc1Br. The summed E-state index contributed by atoms with van der Waals surface area (Å²) in [6.07, 6.45) is 1.17. The second-order valence-electron chi connectivity index (χ2n) is 3.99. The number of pyridine rings is 1. The Bertz CT molecular complexity index is 401. The van der Waals surface area contributed by atoms with Crippen LogP contribution in [-0.2, 0) is 0 Å². The molecule has 0 bridgehead atoms. The van der Waals surface area contributed by atoms with E-state index >= 15 is 0 Å². The number of rotatable bonds is 0. The van der Waals surface area contributed by atoms with Gasteiger partial charge in [-0.05, 0) is 22.0 Å². The Morgan fingerprint density at radius 3 is 2.64 bits per heavy atom. The van der Waals surface area contributed by atoms with Crippen molar-refractivity contribution in [2.24, 2.45) is 0 Å². The van der Waals surface area contributed by atoms with Gasteiger partial charge in [0.25, 0.3) is 0 Å². The molecule has 0 radical (unpaired) electrons. The Labute approximate surface area is 92.9 Å². The minimum Gasteiger partial charge on any atom is -0.245 e. The first kappa shape index (κ1) is 11.4. The van der Waals surface area contributed by atoms with E-state index in [2.05, 4.69) is 52.0 Å². The van der Waals surface area contributed by atoms with Gasteiger partial charge >= 0.3 is 0 Å². The van der Waals surface area contributed by atoms with Crippen molar-refractivity contribution in [1.29, 1.82) is 0 Å². The Kier molecular flexibility index (Phi) is 3.46. The van der Waals surface area contributed by atoms with E-state index in [0.717, 1.165) is 0 Å². The highest BCUT2D eigenvalue weighted by molar-refractivity contribution is 9.10. The van der Waals surface area contributed by atoms with E-state index in [9.17, 15) is 4.39 Å². The molecule has 0 aliphatic carbocycles. The Morgan fingerprint density at radius 2 is 2.07 bits per heavy atom. The molecule has 0 spiro atoms. The van der Waals surface area contributed by atoms with Crippen molar-refractivity contribution in [2.45, 2.75) is 19.6 Å². The van der Waals surface area contributed by atoms with Crippen LogP contribution in [0.2, 0.25) is 19.6 Å².